The van der Waals surface area contributed by atoms with Gasteiger partial charge in [-0.2, -0.15) is 13.2 Å². The number of aryl methyl sites for hydroxylation is 1. The number of carbonyl (C=O) groups is 2. The number of rotatable bonds is 3. The molecule has 2 amide bonds. The molecule has 2 aromatic carbocycles. The Balaban J connectivity index is 1.78. The van der Waals surface area contributed by atoms with E-state index in [2.05, 4.69) is 5.32 Å². The molecule has 180 valence electrons. The Labute approximate surface area is 213 Å². The highest BCUT2D eigenvalue weighted by Crippen LogP contribution is 2.34. The first-order valence-electron chi connectivity index (χ1n) is 10.1. The molecule has 0 bridgehead atoms. The van der Waals surface area contributed by atoms with Crippen LogP contribution in [0.4, 0.5) is 18.9 Å². The summed E-state index contributed by atoms with van der Waals surface area (Å²) in [6.45, 7) is 3.59. The summed E-state index contributed by atoms with van der Waals surface area (Å²) < 4.78 is 41.4. The van der Waals surface area contributed by atoms with Gasteiger partial charge in [0.1, 0.15) is 5.57 Å². The quantitative estimate of drug-likeness (QED) is 0.244. The maximum absolute atomic E-state index is 13.3. The predicted molar refractivity (Wildman–Crippen MR) is 133 cm³/mol. The molecule has 0 atom stereocenters. The minimum Gasteiger partial charge on any atom is -0.316 e. The molecule has 1 saturated heterocycles. The molecule has 0 spiro atoms. The van der Waals surface area contributed by atoms with Crippen molar-refractivity contribution in [1.29, 1.82) is 0 Å². The summed E-state index contributed by atoms with van der Waals surface area (Å²) in [5, 5.41) is 2.77. The number of carbonyl (C=O) groups excluding carboxylic acids is 2. The van der Waals surface area contributed by atoms with E-state index in [1.807, 2.05) is 11.5 Å². The van der Waals surface area contributed by atoms with Gasteiger partial charge < -0.3 is 4.57 Å². The second-order valence-corrected chi connectivity index (χ2v) is 8.91. The minimum absolute atomic E-state index is 0.114. The maximum Gasteiger partial charge on any atom is 0.416 e. The number of hydrogen-bond donors (Lipinski definition) is 1. The van der Waals surface area contributed by atoms with Crippen LogP contribution in [0.15, 0.2) is 54.1 Å². The van der Waals surface area contributed by atoms with Crippen molar-refractivity contribution in [2.45, 2.75) is 20.0 Å². The summed E-state index contributed by atoms with van der Waals surface area (Å²) in [6.07, 6.45) is -3.24. The number of nitrogens with zero attached hydrogens (tertiary/aromatic N) is 2. The van der Waals surface area contributed by atoms with E-state index in [4.69, 9.17) is 35.4 Å². The van der Waals surface area contributed by atoms with Crippen molar-refractivity contribution in [3.05, 3.63) is 86.7 Å². The van der Waals surface area contributed by atoms with Gasteiger partial charge in [0.25, 0.3) is 11.8 Å². The first kappa shape index (κ1) is 25.0. The van der Waals surface area contributed by atoms with Gasteiger partial charge in [0, 0.05) is 11.4 Å². The van der Waals surface area contributed by atoms with E-state index < -0.39 is 23.6 Å². The Morgan fingerprint density at radius 1 is 1.03 bits per heavy atom. The van der Waals surface area contributed by atoms with Crippen molar-refractivity contribution in [1.82, 2.24) is 9.88 Å². The molecule has 1 aromatic heterocycles. The summed E-state index contributed by atoms with van der Waals surface area (Å²) in [6, 6.07) is 11.1. The molecular formula is C24H16Cl2F3N3O2S. The van der Waals surface area contributed by atoms with E-state index in [1.165, 1.54) is 12.1 Å². The van der Waals surface area contributed by atoms with Crippen molar-refractivity contribution in [3.8, 4) is 5.69 Å². The standard InChI is InChI=1S/C24H16Cl2F3N3O2S/c1-12-9-14(13(2)31(12)19-8-4-7-18(25)20(19)26)10-17-21(33)30-23(35)32(22(17)34)16-6-3-5-15(11-16)24(27,28)29/h3-11H,1-2H3,(H,30,33,35)/b17-10+. The molecule has 1 N–H and O–H groups in total. The predicted octanol–water partition coefficient (Wildman–Crippen LogP) is 6.25. The minimum atomic E-state index is -4.61. The van der Waals surface area contributed by atoms with Crippen molar-refractivity contribution in [3.63, 3.8) is 0 Å². The lowest BCUT2D eigenvalue weighted by Gasteiger charge is -2.29. The van der Waals surface area contributed by atoms with Crippen LogP contribution >= 0.6 is 35.4 Å². The molecule has 0 aliphatic carbocycles. The number of nitrogens with one attached hydrogen (secondary N) is 1. The van der Waals surface area contributed by atoms with Gasteiger partial charge in [0.05, 0.1) is 27.0 Å². The molecule has 1 fully saturated rings. The Kier molecular flexibility index (Phi) is 6.52. The molecule has 1 aliphatic rings. The van der Waals surface area contributed by atoms with Gasteiger partial charge >= 0.3 is 6.18 Å². The fourth-order valence-electron chi connectivity index (χ4n) is 3.84. The van der Waals surface area contributed by atoms with Crippen molar-refractivity contribution in [2.75, 3.05) is 4.90 Å². The van der Waals surface area contributed by atoms with Crippen molar-refractivity contribution < 1.29 is 22.8 Å². The average Bonchev–Trinajstić information content (AvgIpc) is 3.05. The zero-order chi connectivity index (χ0) is 25.7. The van der Waals surface area contributed by atoms with Crippen LogP contribution in [0.1, 0.15) is 22.5 Å². The normalized spacial score (nSPS) is 15.7. The summed E-state index contributed by atoms with van der Waals surface area (Å²) in [5.74, 6) is -1.60. The van der Waals surface area contributed by atoms with E-state index in [-0.39, 0.29) is 16.4 Å². The van der Waals surface area contributed by atoms with Crippen LogP contribution in [-0.4, -0.2) is 21.5 Å². The van der Waals surface area contributed by atoms with Crippen LogP contribution in [0, 0.1) is 13.8 Å². The molecule has 3 aromatic rings. The van der Waals surface area contributed by atoms with Crippen LogP contribution in [0.25, 0.3) is 11.8 Å². The molecular weight excluding hydrogens is 522 g/mol. The Hall–Kier alpha value is -3.14. The largest absolute Gasteiger partial charge is 0.416 e. The van der Waals surface area contributed by atoms with Crippen LogP contribution in [-0.2, 0) is 15.8 Å². The maximum atomic E-state index is 13.3. The third-order valence-electron chi connectivity index (χ3n) is 5.48. The molecule has 1 aliphatic heterocycles. The summed E-state index contributed by atoms with van der Waals surface area (Å²) in [5.41, 5.74) is 1.23. The molecule has 0 radical (unpaired) electrons. The average molecular weight is 538 g/mol. The number of hydrogen-bond acceptors (Lipinski definition) is 3. The first-order valence-corrected chi connectivity index (χ1v) is 11.3. The van der Waals surface area contributed by atoms with Crippen molar-refractivity contribution in [2.24, 2.45) is 0 Å². The van der Waals surface area contributed by atoms with Gasteiger partial charge in [-0.15, -0.1) is 0 Å². The van der Waals surface area contributed by atoms with E-state index in [0.717, 1.165) is 28.8 Å². The third kappa shape index (κ3) is 4.59. The van der Waals surface area contributed by atoms with E-state index in [0.29, 0.717) is 27.0 Å². The SMILES string of the molecule is Cc1cc(/C=C2\C(=O)NC(=S)N(c3cccc(C(F)(F)F)c3)C2=O)c(C)n1-c1cccc(Cl)c1Cl. The monoisotopic (exact) mass is 537 g/mol. The molecule has 2 heterocycles. The van der Waals surface area contributed by atoms with Crippen LogP contribution < -0.4 is 10.2 Å². The summed E-state index contributed by atoms with van der Waals surface area (Å²) in [4.78, 5) is 26.8. The van der Waals surface area contributed by atoms with Gasteiger partial charge in [-0.1, -0.05) is 35.3 Å². The molecule has 11 heteroatoms. The summed E-state index contributed by atoms with van der Waals surface area (Å²) in [7, 11) is 0. The number of aromatic nitrogens is 1. The highest BCUT2D eigenvalue weighted by atomic mass is 35.5. The lowest BCUT2D eigenvalue weighted by molar-refractivity contribution is -0.137. The highest BCUT2D eigenvalue weighted by Gasteiger charge is 2.37. The van der Waals surface area contributed by atoms with E-state index in [9.17, 15) is 22.8 Å². The van der Waals surface area contributed by atoms with E-state index in [1.54, 1.807) is 31.2 Å². The van der Waals surface area contributed by atoms with Crippen molar-refractivity contribution >= 4 is 64.1 Å². The second-order valence-electron chi connectivity index (χ2n) is 7.74. The molecule has 0 unspecified atom stereocenters. The van der Waals surface area contributed by atoms with Gasteiger partial charge in [-0.25, -0.2) is 0 Å². The van der Waals surface area contributed by atoms with Crippen LogP contribution in [0.3, 0.4) is 0 Å². The van der Waals surface area contributed by atoms with Crippen LogP contribution in [0.5, 0.6) is 0 Å². The Morgan fingerprint density at radius 3 is 2.40 bits per heavy atom. The van der Waals surface area contributed by atoms with Gasteiger partial charge in [-0.3, -0.25) is 19.8 Å². The molecule has 35 heavy (non-hydrogen) atoms. The van der Waals surface area contributed by atoms with Gasteiger partial charge in [-0.05, 0) is 74.1 Å². The van der Waals surface area contributed by atoms with Gasteiger partial charge in [0.15, 0.2) is 5.11 Å². The number of benzene rings is 2. The number of anilines is 1. The highest BCUT2D eigenvalue weighted by molar-refractivity contribution is 7.80. The number of alkyl halides is 3. The fraction of sp³-hybridized carbons (Fsp3) is 0.125. The first-order chi connectivity index (χ1) is 16.4. The fourth-order valence-corrected chi connectivity index (χ4v) is 4.50. The van der Waals surface area contributed by atoms with Gasteiger partial charge in [0.2, 0.25) is 0 Å². The lowest BCUT2D eigenvalue weighted by Crippen LogP contribution is -2.54. The Bertz CT molecular complexity index is 1430. The molecule has 0 saturated carbocycles. The third-order valence-corrected chi connectivity index (χ3v) is 6.57. The topological polar surface area (TPSA) is 54.3 Å². The lowest BCUT2D eigenvalue weighted by atomic mass is 10.1. The second kappa shape index (κ2) is 9.14. The number of thiocarbonyl (C=S) groups is 1. The zero-order valence-corrected chi connectivity index (χ0v) is 20.5. The zero-order valence-electron chi connectivity index (χ0n) is 18.2. The molecule has 4 rings (SSSR count). The Morgan fingerprint density at radius 2 is 1.71 bits per heavy atom. The van der Waals surface area contributed by atoms with Crippen LogP contribution in [0.2, 0.25) is 10.0 Å². The smallest absolute Gasteiger partial charge is 0.316 e. The molecule has 5 nitrogen and oxygen atoms in total. The van der Waals surface area contributed by atoms with E-state index >= 15 is 0 Å². The number of halogens is 5. The summed E-state index contributed by atoms with van der Waals surface area (Å²) >= 11 is 17.6. The number of amides is 2.